The van der Waals surface area contributed by atoms with Gasteiger partial charge in [-0.15, -0.1) is 0 Å². The molecule has 0 atom stereocenters. The number of H-pyrrole nitrogens is 1. The Morgan fingerprint density at radius 1 is 1.03 bits per heavy atom. The first kappa shape index (κ1) is 22.7. The maximum Gasteiger partial charge on any atom is 0.287 e. The van der Waals surface area contributed by atoms with Crippen molar-refractivity contribution in [2.75, 3.05) is 10.6 Å². The van der Waals surface area contributed by atoms with Gasteiger partial charge in [-0.2, -0.15) is 5.10 Å². The van der Waals surface area contributed by atoms with E-state index in [1.807, 2.05) is 20.8 Å². The van der Waals surface area contributed by atoms with Gasteiger partial charge in [0.05, 0.1) is 16.9 Å². The third-order valence-corrected chi connectivity index (χ3v) is 4.95. The van der Waals surface area contributed by atoms with Gasteiger partial charge in [0, 0.05) is 29.1 Å². The number of pyridine rings is 1. The van der Waals surface area contributed by atoms with Crippen LogP contribution in [0, 0.1) is 5.82 Å². The highest BCUT2D eigenvalue weighted by molar-refractivity contribution is 6.04. The number of rotatable bonds is 5. The van der Waals surface area contributed by atoms with E-state index in [1.54, 1.807) is 18.2 Å². The molecule has 0 aliphatic carbocycles. The van der Waals surface area contributed by atoms with Gasteiger partial charge >= 0.3 is 0 Å². The number of aromatic nitrogens is 5. The molecule has 10 heteroatoms. The molecule has 0 radical (unpaired) electrons. The van der Waals surface area contributed by atoms with Crippen LogP contribution < -0.4 is 16.2 Å². The second-order valence-corrected chi connectivity index (χ2v) is 8.55. The van der Waals surface area contributed by atoms with E-state index in [2.05, 4.69) is 35.8 Å². The third kappa shape index (κ3) is 5.12. The highest BCUT2D eigenvalue weighted by atomic mass is 19.1. The molecule has 0 aliphatic rings. The smallest absolute Gasteiger partial charge is 0.287 e. The van der Waals surface area contributed by atoms with Gasteiger partial charge in [-0.1, -0.05) is 20.8 Å². The van der Waals surface area contributed by atoms with Crippen LogP contribution in [0.2, 0.25) is 0 Å². The van der Waals surface area contributed by atoms with Crippen molar-refractivity contribution in [1.29, 1.82) is 0 Å². The Bertz CT molecular complexity index is 1380. The molecule has 0 bridgehead atoms. The molecule has 0 fully saturated rings. The van der Waals surface area contributed by atoms with Gasteiger partial charge in [-0.3, -0.25) is 14.6 Å². The van der Waals surface area contributed by atoms with E-state index in [1.165, 1.54) is 43.0 Å². The molecule has 0 unspecified atom stereocenters. The Hall–Kier alpha value is -4.47. The van der Waals surface area contributed by atoms with Crippen LogP contribution in [0.25, 0.3) is 11.3 Å². The molecule has 1 aromatic carbocycles. The van der Waals surface area contributed by atoms with Crippen LogP contribution in [0.4, 0.5) is 21.6 Å². The number of amides is 1. The second kappa shape index (κ2) is 9.18. The Morgan fingerprint density at radius 3 is 2.53 bits per heavy atom. The average molecular weight is 459 g/mol. The van der Waals surface area contributed by atoms with Crippen molar-refractivity contribution in [2.24, 2.45) is 0 Å². The predicted octanol–water partition coefficient (Wildman–Crippen LogP) is 4.05. The van der Waals surface area contributed by atoms with Crippen LogP contribution >= 0.6 is 0 Å². The minimum atomic E-state index is -0.611. The summed E-state index contributed by atoms with van der Waals surface area (Å²) in [6.45, 7) is 6.07. The van der Waals surface area contributed by atoms with E-state index in [4.69, 9.17) is 0 Å². The van der Waals surface area contributed by atoms with Gasteiger partial charge in [0.15, 0.2) is 0 Å². The largest absolute Gasteiger partial charge is 0.336 e. The molecule has 3 aromatic heterocycles. The van der Waals surface area contributed by atoms with Gasteiger partial charge in [-0.25, -0.2) is 19.5 Å². The van der Waals surface area contributed by atoms with Crippen LogP contribution in [0.3, 0.4) is 0 Å². The molecule has 34 heavy (non-hydrogen) atoms. The molecule has 0 saturated heterocycles. The van der Waals surface area contributed by atoms with Gasteiger partial charge < -0.3 is 10.6 Å². The van der Waals surface area contributed by atoms with Crippen LogP contribution in [0.15, 0.2) is 66.0 Å². The summed E-state index contributed by atoms with van der Waals surface area (Å²) in [5.74, 6) is -0.680. The summed E-state index contributed by atoms with van der Waals surface area (Å²) in [5, 5.41) is 11.9. The van der Waals surface area contributed by atoms with Gasteiger partial charge in [0.1, 0.15) is 23.6 Å². The van der Waals surface area contributed by atoms with Crippen molar-refractivity contribution in [3.05, 3.63) is 88.6 Å². The van der Waals surface area contributed by atoms with Crippen LogP contribution in [0.5, 0.6) is 0 Å². The standard InChI is InChI=1S/C24H22FN7O2/c1-24(2,3)20-7-5-15(12-27-20)22(33)30-18-10-14(4-6-16(18)25)17-11-19(23(34)32-31-17)29-21-8-9-26-13-28-21/h4-13H,1-3H3,(H,30,33)(H,32,34)(H,26,28,29,31). The van der Waals surface area contributed by atoms with Crippen LogP contribution in [0.1, 0.15) is 36.8 Å². The summed E-state index contributed by atoms with van der Waals surface area (Å²) in [7, 11) is 0. The first-order valence-electron chi connectivity index (χ1n) is 10.4. The van der Waals surface area contributed by atoms with E-state index in [9.17, 15) is 14.0 Å². The highest BCUT2D eigenvalue weighted by Gasteiger charge is 2.17. The SMILES string of the molecule is CC(C)(C)c1ccc(C(=O)Nc2cc(-c3cc(Nc4ccncn4)c(=O)[nH]n3)ccc2F)cn1. The van der Waals surface area contributed by atoms with Crippen molar-refractivity contribution in [3.8, 4) is 11.3 Å². The first-order chi connectivity index (χ1) is 16.2. The summed E-state index contributed by atoms with van der Waals surface area (Å²) < 4.78 is 14.5. The molecule has 3 heterocycles. The van der Waals surface area contributed by atoms with E-state index in [0.29, 0.717) is 22.6 Å². The van der Waals surface area contributed by atoms with Gasteiger partial charge in [0.2, 0.25) is 0 Å². The molecule has 9 nitrogen and oxygen atoms in total. The number of hydrogen-bond donors (Lipinski definition) is 3. The van der Waals surface area contributed by atoms with E-state index in [0.717, 1.165) is 5.69 Å². The zero-order valence-electron chi connectivity index (χ0n) is 18.8. The van der Waals surface area contributed by atoms with E-state index < -0.39 is 17.3 Å². The molecule has 0 aliphatic heterocycles. The molecule has 4 rings (SSSR count). The van der Waals surface area contributed by atoms with Crippen molar-refractivity contribution in [1.82, 2.24) is 25.1 Å². The lowest BCUT2D eigenvalue weighted by Gasteiger charge is -2.17. The average Bonchev–Trinajstić information content (AvgIpc) is 2.82. The second-order valence-electron chi connectivity index (χ2n) is 8.55. The number of carbonyl (C=O) groups excluding carboxylic acids is 1. The molecule has 0 saturated carbocycles. The lowest BCUT2D eigenvalue weighted by molar-refractivity contribution is 0.102. The Labute approximate surface area is 194 Å². The summed E-state index contributed by atoms with van der Waals surface area (Å²) in [6, 6.07) is 10.7. The molecule has 4 aromatic rings. The molecule has 3 N–H and O–H groups in total. The first-order valence-corrected chi connectivity index (χ1v) is 10.4. The summed E-state index contributed by atoms with van der Waals surface area (Å²) in [4.78, 5) is 37.0. The number of carbonyl (C=O) groups is 1. The fourth-order valence-electron chi connectivity index (χ4n) is 3.10. The van der Waals surface area contributed by atoms with Crippen molar-refractivity contribution in [2.45, 2.75) is 26.2 Å². The predicted molar refractivity (Wildman–Crippen MR) is 126 cm³/mol. The number of anilines is 3. The fraction of sp³-hybridized carbons (Fsp3) is 0.167. The zero-order valence-corrected chi connectivity index (χ0v) is 18.8. The zero-order chi connectivity index (χ0) is 24.3. The Kier molecular flexibility index (Phi) is 6.13. The molecule has 0 spiro atoms. The molecular formula is C24H22FN7O2. The number of hydrogen-bond acceptors (Lipinski definition) is 7. The minimum Gasteiger partial charge on any atom is -0.336 e. The summed E-state index contributed by atoms with van der Waals surface area (Å²) >= 11 is 0. The number of halogens is 1. The highest BCUT2D eigenvalue weighted by Crippen LogP contribution is 2.25. The summed E-state index contributed by atoms with van der Waals surface area (Å²) in [5.41, 5.74) is 1.56. The third-order valence-electron chi connectivity index (χ3n) is 4.95. The van der Waals surface area contributed by atoms with E-state index in [-0.39, 0.29) is 16.8 Å². The van der Waals surface area contributed by atoms with Gasteiger partial charge in [0.25, 0.3) is 11.5 Å². The monoisotopic (exact) mass is 459 g/mol. The number of nitrogens with zero attached hydrogens (tertiary/aromatic N) is 4. The number of benzene rings is 1. The lowest BCUT2D eigenvalue weighted by atomic mass is 9.91. The normalized spacial score (nSPS) is 11.2. The van der Waals surface area contributed by atoms with Crippen LogP contribution in [-0.2, 0) is 5.41 Å². The van der Waals surface area contributed by atoms with Gasteiger partial charge in [-0.05, 0) is 42.5 Å². The van der Waals surface area contributed by atoms with Crippen LogP contribution in [-0.4, -0.2) is 31.1 Å². The topological polar surface area (TPSA) is 126 Å². The minimum absolute atomic E-state index is 0.0271. The maximum absolute atomic E-state index is 14.5. The van der Waals surface area contributed by atoms with Crippen molar-refractivity contribution < 1.29 is 9.18 Å². The quantitative estimate of drug-likeness (QED) is 0.411. The van der Waals surface area contributed by atoms with Crippen molar-refractivity contribution in [3.63, 3.8) is 0 Å². The molecule has 172 valence electrons. The lowest BCUT2D eigenvalue weighted by Crippen LogP contribution is -2.17. The van der Waals surface area contributed by atoms with E-state index >= 15 is 0 Å². The Balaban J connectivity index is 1.58. The molecule has 1 amide bonds. The number of aromatic amines is 1. The molecular weight excluding hydrogens is 437 g/mol. The van der Waals surface area contributed by atoms with Crippen molar-refractivity contribution >= 4 is 23.1 Å². The number of nitrogens with one attached hydrogen (secondary N) is 3. The fourth-order valence-corrected chi connectivity index (χ4v) is 3.10. The maximum atomic E-state index is 14.5. The Morgan fingerprint density at radius 2 is 1.85 bits per heavy atom. The summed E-state index contributed by atoms with van der Waals surface area (Å²) in [6.07, 6.45) is 4.35.